The van der Waals surface area contributed by atoms with Crippen LogP contribution in [0.15, 0.2) is 29.2 Å². The summed E-state index contributed by atoms with van der Waals surface area (Å²) in [6, 6.07) is 6.73. The summed E-state index contributed by atoms with van der Waals surface area (Å²) in [5.74, 6) is 0. The maximum absolute atomic E-state index is 11.3. The summed E-state index contributed by atoms with van der Waals surface area (Å²) in [5.41, 5.74) is 0.726. The number of hydrogen-bond donors (Lipinski definition) is 1. The Kier molecular flexibility index (Phi) is 34.3. The van der Waals surface area contributed by atoms with E-state index in [2.05, 4.69) is 32.6 Å². The smallest absolute Gasteiger partial charge is 0.294 e. The van der Waals surface area contributed by atoms with Crippen LogP contribution in [0.3, 0.4) is 0 Å². The lowest BCUT2D eigenvalue weighted by Gasteiger charge is -2.22. The highest BCUT2D eigenvalue weighted by Gasteiger charge is 2.13. The van der Waals surface area contributed by atoms with E-state index in [1.807, 2.05) is 6.07 Å². The number of nitrogens with zero attached hydrogens (tertiary/aromatic N) is 1. The first-order valence-corrected chi connectivity index (χ1v) is 22.1. The fourth-order valence-corrected chi connectivity index (χ4v) is 7.20. The summed E-state index contributed by atoms with van der Waals surface area (Å²) in [7, 11) is -4.10. The molecule has 0 aliphatic rings. The van der Waals surface area contributed by atoms with Crippen molar-refractivity contribution >= 4 is 10.1 Å². The van der Waals surface area contributed by atoms with E-state index in [-0.39, 0.29) is 4.90 Å². The van der Waals surface area contributed by atoms with Crippen molar-refractivity contribution in [3.63, 3.8) is 0 Å². The normalized spacial score (nSPS) is 11.6. The molecule has 0 amide bonds. The number of unbranched alkanes of at least 4 members (excludes halogenated alkanes) is 24. The van der Waals surface area contributed by atoms with Crippen molar-refractivity contribution in [2.24, 2.45) is 0 Å². The summed E-state index contributed by atoms with van der Waals surface area (Å²) in [5, 5.41) is 0. The average molecular weight is 680 g/mol. The maximum Gasteiger partial charge on any atom is 0.294 e. The van der Waals surface area contributed by atoms with E-state index < -0.39 is 10.1 Å². The molecule has 47 heavy (non-hydrogen) atoms. The molecule has 278 valence electrons. The quantitative estimate of drug-likeness (QED) is 0.0593. The molecule has 0 unspecified atom stereocenters. The predicted octanol–water partition coefficient (Wildman–Crippen LogP) is 13.8. The van der Waals surface area contributed by atoms with Gasteiger partial charge in [0.1, 0.15) is 0 Å². The van der Waals surface area contributed by atoms with Crippen molar-refractivity contribution in [1.29, 1.82) is 0 Å². The molecule has 0 saturated heterocycles. The molecule has 0 fully saturated rings. The zero-order chi connectivity index (χ0) is 34.7. The van der Waals surface area contributed by atoms with E-state index >= 15 is 0 Å². The van der Waals surface area contributed by atoms with E-state index in [0.717, 1.165) is 18.4 Å². The average Bonchev–Trinajstić information content (AvgIpc) is 3.06. The van der Waals surface area contributed by atoms with Crippen LogP contribution in [0.1, 0.15) is 213 Å². The van der Waals surface area contributed by atoms with Crippen LogP contribution in [-0.2, 0) is 16.5 Å². The van der Waals surface area contributed by atoms with Gasteiger partial charge in [0.25, 0.3) is 10.1 Å². The highest BCUT2D eigenvalue weighted by molar-refractivity contribution is 7.85. The molecule has 1 aromatic carbocycles. The van der Waals surface area contributed by atoms with E-state index in [1.54, 1.807) is 12.1 Å². The molecule has 0 spiro atoms. The highest BCUT2D eigenvalue weighted by atomic mass is 32.2. The molecule has 1 rings (SSSR count). The second-order valence-corrected chi connectivity index (χ2v) is 15.5. The van der Waals surface area contributed by atoms with E-state index in [1.165, 1.54) is 193 Å². The Morgan fingerprint density at radius 2 is 0.745 bits per heavy atom. The molecule has 5 heteroatoms. The van der Waals surface area contributed by atoms with Gasteiger partial charge < -0.3 is 4.90 Å². The zero-order valence-electron chi connectivity index (χ0n) is 32.1. The van der Waals surface area contributed by atoms with Crippen LogP contribution in [-0.4, -0.2) is 37.5 Å². The van der Waals surface area contributed by atoms with Gasteiger partial charge in [-0.3, -0.25) is 4.55 Å². The lowest BCUT2D eigenvalue weighted by Crippen LogP contribution is -2.27. The van der Waals surface area contributed by atoms with Gasteiger partial charge in [-0.25, -0.2) is 0 Å². The van der Waals surface area contributed by atoms with Gasteiger partial charge in [0, 0.05) is 0 Å². The maximum atomic E-state index is 11.3. The molecule has 0 saturated carbocycles. The number of aryl methyl sites for hydroxylation is 1. The van der Waals surface area contributed by atoms with Gasteiger partial charge in [-0.2, -0.15) is 8.42 Å². The summed E-state index contributed by atoms with van der Waals surface area (Å²) in [6.07, 6.45) is 39.0. The third kappa shape index (κ3) is 30.9. The Labute approximate surface area is 295 Å². The van der Waals surface area contributed by atoms with Gasteiger partial charge >= 0.3 is 0 Å². The van der Waals surface area contributed by atoms with Crippen LogP contribution in [0.2, 0.25) is 0 Å². The Morgan fingerprint density at radius 1 is 0.447 bits per heavy atom. The SMILES string of the molecule is CCCCCCCCCCCCc1ccccc1S(=O)(=O)O.CCCCCCCCN(CCCCCCCC)CCCCCCCC. The lowest BCUT2D eigenvalue weighted by atomic mass is 10.0. The molecule has 0 radical (unpaired) electrons. The number of benzene rings is 1. The third-order valence-electron chi connectivity index (χ3n) is 9.53. The van der Waals surface area contributed by atoms with Crippen molar-refractivity contribution in [3.8, 4) is 0 Å². The molecular weight excluding hydrogens is 599 g/mol. The monoisotopic (exact) mass is 680 g/mol. The van der Waals surface area contributed by atoms with Gasteiger partial charge in [0.2, 0.25) is 0 Å². The van der Waals surface area contributed by atoms with Crippen LogP contribution < -0.4 is 0 Å². The van der Waals surface area contributed by atoms with Crippen LogP contribution in [0.4, 0.5) is 0 Å². The van der Waals surface area contributed by atoms with Crippen LogP contribution in [0.25, 0.3) is 0 Å². The lowest BCUT2D eigenvalue weighted by molar-refractivity contribution is 0.254. The topological polar surface area (TPSA) is 57.6 Å². The Hall–Kier alpha value is -0.910. The Morgan fingerprint density at radius 3 is 1.09 bits per heavy atom. The van der Waals surface area contributed by atoms with Crippen molar-refractivity contribution in [3.05, 3.63) is 29.8 Å². The van der Waals surface area contributed by atoms with Gasteiger partial charge in [0.05, 0.1) is 4.90 Å². The van der Waals surface area contributed by atoms with E-state index in [4.69, 9.17) is 0 Å². The molecule has 4 nitrogen and oxygen atoms in total. The largest absolute Gasteiger partial charge is 0.303 e. The molecule has 1 N–H and O–H groups in total. The Bertz CT molecular complexity index is 834. The first-order valence-electron chi connectivity index (χ1n) is 20.7. The second kappa shape index (κ2) is 34.9. The van der Waals surface area contributed by atoms with Crippen molar-refractivity contribution in [2.45, 2.75) is 219 Å². The fraction of sp³-hybridized carbons (Fsp3) is 0.857. The molecule has 0 heterocycles. The standard InChI is InChI=1S/C24H51N.C18H30O3S/c1-4-7-10-13-16-19-22-25(23-20-17-14-11-8-5-2)24-21-18-15-12-9-6-3;1-2-3-4-5-6-7-8-9-10-11-14-17-15-12-13-16-18(17)22(19,20)21/h4-24H2,1-3H3;12-13,15-16H,2-11,14H2,1H3,(H,19,20,21). The minimum Gasteiger partial charge on any atom is -0.303 e. The fourth-order valence-electron chi connectivity index (χ4n) is 6.45. The van der Waals surface area contributed by atoms with E-state index in [9.17, 15) is 13.0 Å². The summed E-state index contributed by atoms with van der Waals surface area (Å²) in [4.78, 5) is 2.85. The number of hydrogen-bond acceptors (Lipinski definition) is 3. The van der Waals surface area contributed by atoms with Crippen LogP contribution in [0, 0.1) is 0 Å². The summed E-state index contributed by atoms with van der Waals surface area (Å²) in [6.45, 7) is 13.2. The molecule has 0 atom stereocenters. The van der Waals surface area contributed by atoms with Crippen molar-refractivity contribution in [1.82, 2.24) is 4.90 Å². The minimum atomic E-state index is -4.10. The highest BCUT2D eigenvalue weighted by Crippen LogP contribution is 2.19. The Balaban J connectivity index is 0.000000907. The van der Waals surface area contributed by atoms with Crippen molar-refractivity contribution in [2.75, 3.05) is 19.6 Å². The van der Waals surface area contributed by atoms with Gasteiger partial charge in [0.15, 0.2) is 0 Å². The minimum absolute atomic E-state index is 0.0610. The molecule has 0 bridgehead atoms. The first kappa shape index (κ1) is 46.1. The van der Waals surface area contributed by atoms with Gasteiger partial charge in [-0.05, 0) is 63.4 Å². The molecule has 1 aromatic rings. The summed E-state index contributed by atoms with van der Waals surface area (Å²) >= 11 is 0. The van der Waals surface area contributed by atoms with Gasteiger partial charge in [-0.15, -0.1) is 0 Å². The van der Waals surface area contributed by atoms with E-state index in [0.29, 0.717) is 6.42 Å². The first-order chi connectivity index (χ1) is 22.9. The molecule has 0 aromatic heterocycles. The second-order valence-electron chi connectivity index (χ2n) is 14.2. The van der Waals surface area contributed by atoms with Crippen LogP contribution >= 0.6 is 0 Å². The van der Waals surface area contributed by atoms with Crippen LogP contribution in [0.5, 0.6) is 0 Å². The molecule has 0 aliphatic carbocycles. The summed E-state index contributed by atoms with van der Waals surface area (Å²) < 4.78 is 31.8. The number of rotatable bonds is 33. The zero-order valence-corrected chi connectivity index (χ0v) is 32.9. The molecule has 0 aliphatic heterocycles. The predicted molar refractivity (Wildman–Crippen MR) is 208 cm³/mol. The molecular formula is C42H81NO3S. The third-order valence-corrected chi connectivity index (χ3v) is 10.5. The van der Waals surface area contributed by atoms with Gasteiger partial charge in [-0.1, -0.05) is 200 Å². The van der Waals surface area contributed by atoms with Crippen molar-refractivity contribution < 1.29 is 13.0 Å².